The molecule has 32 heavy (non-hydrogen) atoms. The fourth-order valence-electron chi connectivity index (χ4n) is 3.51. The molecule has 0 aliphatic carbocycles. The molecular weight excluding hydrogens is 408 g/mol. The summed E-state index contributed by atoms with van der Waals surface area (Å²) in [5, 5.41) is 0. The van der Waals surface area contributed by atoms with Crippen LogP contribution in [0.4, 0.5) is 0 Å². The highest BCUT2D eigenvalue weighted by atomic mass is 16.6. The largest absolute Gasteiger partial charge is 0.463 e. The molecule has 6 heteroatoms. The average Bonchev–Trinajstić information content (AvgIpc) is 3.70. The van der Waals surface area contributed by atoms with E-state index >= 15 is 0 Å². The minimum absolute atomic E-state index is 0.0981. The summed E-state index contributed by atoms with van der Waals surface area (Å²) < 4.78 is 20.3. The minimum Gasteiger partial charge on any atom is -0.463 e. The van der Waals surface area contributed by atoms with E-state index in [9.17, 15) is 9.59 Å². The van der Waals surface area contributed by atoms with E-state index in [2.05, 4.69) is 24.8 Å². The molecule has 0 radical (unpaired) electrons. The predicted molar refractivity (Wildman–Crippen MR) is 124 cm³/mol. The van der Waals surface area contributed by atoms with Crippen molar-refractivity contribution in [3.63, 3.8) is 0 Å². The molecule has 2 aliphatic heterocycles. The highest BCUT2D eigenvalue weighted by Gasteiger charge is 2.24. The van der Waals surface area contributed by atoms with Gasteiger partial charge >= 0.3 is 11.9 Å². The van der Waals surface area contributed by atoms with Gasteiger partial charge in [-0.3, -0.25) is 9.59 Å². The van der Waals surface area contributed by atoms with Gasteiger partial charge in [0, 0.05) is 12.8 Å². The molecule has 3 unspecified atom stereocenters. The number of hydrogen-bond donors (Lipinski definition) is 0. The van der Waals surface area contributed by atoms with Crippen LogP contribution in [-0.4, -0.2) is 50.6 Å². The Morgan fingerprint density at radius 3 is 1.88 bits per heavy atom. The zero-order valence-corrected chi connectivity index (χ0v) is 19.6. The van der Waals surface area contributed by atoms with Gasteiger partial charge in [0.1, 0.15) is 25.4 Å². The molecule has 0 saturated carbocycles. The zero-order valence-electron chi connectivity index (χ0n) is 19.6. The van der Waals surface area contributed by atoms with Gasteiger partial charge in [0.25, 0.3) is 0 Å². The highest BCUT2D eigenvalue weighted by Crippen LogP contribution is 2.18. The van der Waals surface area contributed by atoms with Crippen LogP contribution < -0.4 is 0 Å². The molecule has 6 nitrogen and oxygen atoms in total. The van der Waals surface area contributed by atoms with E-state index in [0.717, 1.165) is 77.4 Å². The first-order valence-electron chi connectivity index (χ1n) is 12.5. The molecule has 2 rings (SSSR count). The number of rotatable bonds is 21. The van der Waals surface area contributed by atoms with E-state index in [4.69, 9.17) is 18.9 Å². The summed E-state index contributed by atoms with van der Waals surface area (Å²) in [4.78, 5) is 23.1. The summed E-state index contributed by atoms with van der Waals surface area (Å²) in [6, 6.07) is 0. The Morgan fingerprint density at radius 1 is 0.781 bits per heavy atom. The van der Waals surface area contributed by atoms with E-state index in [1.54, 1.807) is 0 Å². The maximum absolute atomic E-state index is 11.6. The lowest BCUT2D eigenvalue weighted by Crippen LogP contribution is -2.09. The van der Waals surface area contributed by atoms with Crippen LogP contribution in [0.5, 0.6) is 0 Å². The molecule has 182 valence electrons. The lowest BCUT2D eigenvalue weighted by atomic mass is 9.96. The molecule has 0 aromatic heterocycles. The van der Waals surface area contributed by atoms with Crippen molar-refractivity contribution < 1.29 is 28.5 Å². The standard InChI is InChI=1S/C26H42O6/c1-2-22(15-11-9-13-17-26(28)32-21-24-19-30-24)14-10-7-5-3-4-6-8-12-16-25(27)31-20-23-18-29-23/h2,5,7,22-24H,1,3-4,6,8-21H2/b7-5+. The number of allylic oxidation sites excluding steroid dienone is 3. The molecule has 0 N–H and O–H groups in total. The van der Waals surface area contributed by atoms with Gasteiger partial charge in [-0.25, -0.2) is 0 Å². The number of carbonyl (C=O) groups is 2. The Labute approximate surface area is 193 Å². The molecule has 2 saturated heterocycles. The number of epoxide rings is 2. The Hall–Kier alpha value is -1.66. The quantitative estimate of drug-likeness (QED) is 0.102. The first-order chi connectivity index (χ1) is 15.7. The van der Waals surface area contributed by atoms with Gasteiger partial charge in [-0.15, -0.1) is 6.58 Å². The van der Waals surface area contributed by atoms with Crippen LogP contribution in [0.3, 0.4) is 0 Å². The average molecular weight is 451 g/mol. The maximum Gasteiger partial charge on any atom is 0.305 e. The lowest BCUT2D eigenvalue weighted by Gasteiger charge is -2.10. The summed E-state index contributed by atoms with van der Waals surface area (Å²) in [5.74, 6) is 0.344. The third kappa shape index (κ3) is 15.2. The third-order valence-electron chi connectivity index (χ3n) is 5.83. The Morgan fingerprint density at radius 2 is 1.31 bits per heavy atom. The molecule has 0 aromatic carbocycles. The first-order valence-corrected chi connectivity index (χ1v) is 12.5. The van der Waals surface area contributed by atoms with Crippen LogP contribution in [-0.2, 0) is 28.5 Å². The highest BCUT2D eigenvalue weighted by molar-refractivity contribution is 5.69. The topological polar surface area (TPSA) is 77.7 Å². The van der Waals surface area contributed by atoms with Crippen LogP contribution in [0.1, 0.15) is 83.5 Å². The van der Waals surface area contributed by atoms with Crippen LogP contribution >= 0.6 is 0 Å². The molecule has 2 aliphatic rings. The van der Waals surface area contributed by atoms with Crippen molar-refractivity contribution in [1.82, 2.24) is 0 Å². The summed E-state index contributed by atoms with van der Waals surface area (Å²) in [7, 11) is 0. The molecule has 0 aromatic rings. The van der Waals surface area contributed by atoms with E-state index in [1.807, 2.05) is 0 Å². The lowest BCUT2D eigenvalue weighted by molar-refractivity contribution is -0.145. The normalized spacial score (nSPS) is 20.1. The maximum atomic E-state index is 11.6. The van der Waals surface area contributed by atoms with Crippen LogP contribution in [0.15, 0.2) is 24.8 Å². The third-order valence-corrected chi connectivity index (χ3v) is 5.83. The Bertz CT molecular complexity index is 565. The monoisotopic (exact) mass is 450 g/mol. The molecule has 2 heterocycles. The minimum atomic E-state index is -0.104. The second-order valence-corrected chi connectivity index (χ2v) is 8.87. The van der Waals surface area contributed by atoms with Crippen molar-refractivity contribution in [1.29, 1.82) is 0 Å². The second-order valence-electron chi connectivity index (χ2n) is 8.87. The summed E-state index contributed by atoms with van der Waals surface area (Å²) in [6.45, 7) is 6.27. The summed E-state index contributed by atoms with van der Waals surface area (Å²) in [6.07, 6.45) is 19.8. The van der Waals surface area contributed by atoms with Gasteiger partial charge < -0.3 is 18.9 Å². The fraction of sp³-hybridized carbons (Fsp3) is 0.769. The Balaban J connectivity index is 1.33. The number of hydrogen-bond acceptors (Lipinski definition) is 6. The number of unbranched alkanes of at least 4 members (excludes halogenated alkanes) is 6. The van der Waals surface area contributed by atoms with E-state index < -0.39 is 0 Å². The van der Waals surface area contributed by atoms with E-state index in [-0.39, 0.29) is 24.1 Å². The molecule has 3 atom stereocenters. The molecular formula is C26H42O6. The van der Waals surface area contributed by atoms with Crippen molar-refractivity contribution >= 4 is 11.9 Å². The number of carbonyl (C=O) groups excluding carboxylic acids is 2. The van der Waals surface area contributed by atoms with Gasteiger partial charge in [-0.2, -0.15) is 0 Å². The fourth-order valence-corrected chi connectivity index (χ4v) is 3.51. The molecule has 2 fully saturated rings. The van der Waals surface area contributed by atoms with Crippen LogP contribution in [0.2, 0.25) is 0 Å². The number of ether oxygens (including phenoxy) is 4. The van der Waals surface area contributed by atoms with Crippen molar-refractivity contribution in [3.05, 3.63) is 24.8 Å². The van der Waals surface area contributed by atoms with Gasteiger partial charge in [-0.05, 0) is 50.9 Å². The Kier molecular flexibility index (Phi) is 14.0. The van der Waals surface area contributed by atoms with Crippen molar-refractivity contribution in [2.24, 2.45) is 5.92 Å². The van der Waals surface area contributed by atoms with Crippen LogP contribution in [0.25, 0.3) is 0 Å². The number of esters is 2. The predicted octanol–water partition coefficient (Wildman–Crippen LogP) is 5.30. The first kappa shape index (κ1) is 26.6. The molecule has 0 spiro atoms. The SMILES string of the molecule is C=CC(CC/C=C/CCCCCCC(=O)OCC1CO1)CCCCCC(=O)OCC1CO1. The van der Waals surface area contributed by atoms with Gasteiger partial charge in [0.2, 0.25) is 0 Å². The van der Waals surface area contributed by atoms with E-state index in [0.29, 0.717) is 32.0 Å². The van der Waals surface area contributed by atoms with Crippen molar-refractivity contribution in [2.75, 3.05) is 26.4 Å². The van der Waals surface area contributed by atoms with E-state index in [1.165, 1.54) is 6.42 Å². The van der Waals surface area contributed by atoms with Crippen molar-refractivity contribution in [2.45, 2.75) is 95.7 Å². The zero-order chi connectivity index (χ0) is 22.9. The summed E-state index contributed by atoms with van der Waals surface area (Å²) >= 11 is 0. The smallest absolute Gasteiger partial charge is 0.305 e. The molecule has 0 amide bonds. The van der Waals surface area contributed by atoms with Gasteiger partial charge in [0.15, 0.2) is 0 Å². The summed E-state index contributed by atoms with van der Waals surface area (Å²) in [5.41, 5.74) is 0. The van der Waals surface area contributed by atoms with Crippen LogP contribution in [0, 0.1) is 5.92 Å². The molecule has 0 bridgehead atoms. The second kappa shape index (κ2) is 16.9. The van der Waals surface area contributed by atoms with Crippen molar-refractivity contribution in [3.8, 4) is 0 Å². The van der Waals surface area contributed by atoms with Gasteiger partial charge in [-0.1, -0.05) is 43.9 Å². The van der Waals surface area contributed by atoms with Gasteiger partial charge in [0.05, 0.1) is 13.2 Å².